The highest BCUT2D eigenvalue weighted by atomic mass is 15.5. The van der Waals surface area contributed by atoms with E-state index < -0.39 is 0 Å². The smallest absolute Gasteiger partial charge is 0.0747 e. The number of nitrogens with zero attached hydrogens (tertiary/aromatic N) is 2. The quantitative estimate of drug-likeness (QED) is 0.895. The highest BCUT2D eigenvalue weighted by molar-refractivity contribution is 5.81. The van der Waals surface area contributed by atoms with E-state index in [9.17, 15) is 0 Å². The minimum Gasteiger partial charge on any atom is -0.256 e. The number of aromatic nitrogens is 1. The predicted molar refractivity (Wildman–Crippen MR) is 74.0 cm³/mol. The van der Waals surface area contributed by atoms with Gasteiger partial charge in [-0.05, 0) is 24.5 Å². The van der Waals surface area contributed by atoms with Crippen molar-refractivity contribution in [3.63, 3.8) is 0 Å². The number of piperidine rings is 1. The van der Waals surface area contributed by atoms with Gasteiger partial charge in [-0.2, -0.15) is 0 Å². The first-order valence-electron chi connectivity index (χ1n) is 6.74. The third-order valence-corrected chi connectivity index (χ3v) is 3.57. The van der Waals surface area contributed by atoms with Crippen LogP contribution in [0.3, 0.4) is 0 Å². The highest BCUT2D eigenvalue weighted by Gasteiger charge is 2.09. The van der Waals surface area contributed by atoms with Gasteiger partial charge in [-0.3, -0.25) is 10.4 Å². The number of para-hydroxylation sites is 1. The molecule has 2 aromatic rings. The molecule has 3 heteroatoms. The fourth-order valence-electron chi connectivity index (χ4n) is 2.56. The zero-order valence-electron chi connectivity index (χ0n) is 10.6. The molecule has 0 aliphatic carbocycles. The molecular formula is C15H19N3. The fraction of sp³-hybridized carbons (Fsp3) is 0.400. The second-order valence-corrected chi connectivity index (χ2v) is 4.87. The van der Waals surface area contributed by atoms with Crippen LogP contribution in [0.2, 0.25) is 0 Å². The lowest BCUT2D eigenvalue weighted by Gasteiger charge is -2.27. The molecule has 0 bridgehead atoms. The molecule has 1 N–H and O–H groups in total. The average Bonchev–Trinajstić information content (AvgIpc) is 2.46. The van der Waals surface area contributed by atoms with Crippen LogP contribution in [0, 0.1) is 0 Å². The van der Waals surface area contributed by atoms with Crippen LogP contribution in [0.1, 0.15) is 24.8 Å². The van der Waals surface area contributed by atoms with Gasteiger partial charge in [0.15, 0.2) is 0 Å². The highest BCUT2D eigenvalue weighted by Crippen LogP contribution is 2.16. The van der Waals surface area contributed by atoms with Crippen molar-refractivity contribution < 1.29 is 0 Å². The van der Waals surface area contributed by atoms with Crippen molar-refractivity contribution in [2.24, 2.45) is 0 Å². The summed E-state index contributed by atoms with van der Waals surface area (Å²) in [5.41, 5.74) is 5.92. The van der Waals surface area contributed by atoms with Gasteiger partial charge in [-0.25, -0.2) is 5.01 Å². The van der Waals surface area contributed by atoms with E-state index in [1.165, 1.54) is 30.2 Å². The van der Waals surface area contributed by atoms with Gasteiger partial charge in [-0.1, -0.05) is 30.7 Å². The lowest BCUT2D eigenvalue weighted by molar-refractivity contribution is 0.151. The number of fused-ring (bicyclic) bond motifs is 1. The number of hydrogen-bond acceptors (Lipinski definition) is 3. The SMILES string of the molecule is c1cnc2c(CNN3CCCCC3)cccc2c1. The van der Waals surface area contributed by atoms with Crippen LogP contribution in [0.4, 0.5) is 0 Å². The van der Waals surface area contributed by atoms with E-state index >= 15 is 0 Å². The molecular weight excluding hydrogens is 222 g/mol. The lowest BCUT2D eigenvalue weighted by atomic mass is 10.1. The Morgan fingerprint density at radius 3 is 2.78 bits per heavy atom. The largest absolute Gasteiger partial charge is 0.256 e. The van der Waals surface area contributed by atoms with E-state index in [-0.39, 0.29) is 0 Å². The topological polar surface area (TPSA) is 28.2 Å². The van der Waals surface area contributed by atoms with Crippen molar-refractivity contribution in [1.29, 1.82) is 0 Å². The number of benzene rings is 1. The summed E-state index contributed by atoms with van der Waals surface area (Å²) in [5, 5.41) is 3.56. The van der Waals surface area contributed by atoms with E-state index in [0.717, 1.165) is 25.2 Å². The fourth-order valence-corrected chi connectivity index (χ4v) is 2.56. The number of pyridine rings is 1. The van der Waals surface area contributed by atoms with Gasteiger partial charge in [0.25, 0.3) is 0 Å². The van der Waals surface area contributed by atoms with Crippen LogP contribution < -0.4 is 5.43 Å². The summed E-state index contributed by atoms with van der Waals surface area (Å²) in [6, 6.07) is 10.5. The van der Waals surface area contributed by atoms with Crippen molar-refractivity contribution in [2.45, 2.75) is 25.8 Å². The molecule has 2 heterocycles. The van der Waals surface area contributed by atoms with Gasteiger partial charge in [0.05, 0.1) is 5.52 Å². The van der Waals surface area contributed by atoms with Crippen LogP contribution in [-0.2, 0) is 6.54 Å². The Morgan fingerprint density at radius 2 is 1.89 bits per heavy atom. The molecule has 3 rings (SSSR count). The first kappa shape index (κ1) is 11.6. The number of hydrazine groups is 1. The van der Waals surface area contributed by atoms with E-state index in [4.69, 9.17) is 0 Å². The molecule has 1 aromatic carbocycles. The van der Waals surface area contributed by atoms with Crippen LogP contribution in [0.25, 0.3) is 10.9 Å². The summed E-state index contributed by atoms with van der Waals surface area (Å²) in [5.74, 6) is 0. The first-order chi connectivity index (χ1) is 8.93. The van der Waals surface area contributed by atoms with Crippen LogP contribution >= 0.6 is 0 Å². The number of hydrogen-bond donors (Lipinski definition) is 1. The standard InChI is InChI=1S/C15H19N3/c1-2-10-18(11-3-1)17-12-14-7-4-6-13-8-5-9-16-15(13)14/h4-9,17H,1-3,10-12H2. The van der Waals surface area contributed by atoms with Crippen molar-refractivity contribution >= 4 is 10.9 Å². The molecule has 1 saturated heterocycles. The normalized spacial score (nSPS) is 17.1. The van der Waals surface area contributed by atoms with E-state index in [1.807, 2.05) is 12.3 Å². The van der Waals surface area contributed by atoms with Gasteiger partial charge in [0.1, 0.15) is 0 Å². The average molecular weight is 241 g/mol. The number of rotatable bonds is 3. The molecule has 3 nitrogen and oxygen atoms in total. The molecule has 0 amide bonds. The van der Waals surface area contributed by atoms with Crippen LogP contribution in [0.15, 0.2) is 36.5 Å². The Hall–Kier alpha value is -1.45. The van der Waals surface area contributed by atoms with Crippen molar-refractivity contribution in [1.82, 2.24) is 15.4 Å². The molecule has 1 fully saturated rings. The van der Waals surface area contributed by atoms with Crippen molar-refractivity contribution in [3.05, 3.63) is 42.1 Å². The van der Waals surface area contributed by atoms with Crippen LogP contribution in [0.5, 0.6) is 0 Å². The summed E-state index contributed by atoms with van der Waals surface area (Å²) < 4.78 is 0. The summed E-state index contributed by atoms with van der Waals surface area (Å²) in [7, 11) is 0. The van der Waals surface area contributed by atoms with Crippen molar-refractivity contribution in [2.75, 3.05) is 13.1 Å². The van der Waals surface area contributed by atoms with Gasteiger partial charge in [0, 0.05) is 31.2 Å². The molecule has 94 valence electrons. The Morgan fingerprint density at radius 1 is 1.06 bits per heavy atom. The summed E-state index contributed by atoms with van der Waals surface area (Å²) >= 11 is 0. The zero-order chi connectivity index (χ0) is 12.2. The molecule has 0 atom stereocenters. The van der Waals surface area contributed by atoms with E-state index in [2.05, 4.69) is 39.7 Å². The molecule has 0 radical (unpaired) electrons. The molecule has 0 saturated carbocycles. The first-order valence-corrected chi connectivity index (χ1v) is 6.74. The molecule has 0 spiro atoms. The molecule has 1 aliphatic rings. The Kier molecular flexibility index (Phi) is 3.53. The lowest BCUT2D eigenvalue weighted by Crippen LogP contribution is -2.41. The Balaban J connectivity index is 1.74. The second kappa shape index (κ2) is 5.46. The predicted octanol–water partition coefficient (Wildman–Crippen LogP) is 2.73. The molecule has 0 unspecified atom stereocenters. The Bertz CT molecular complexity index is 513. The summed E-state index contributed by atoms with van der Waals surface area (Å²) in [4.78, 5) is 4.49. The Labute approximate surface area is 108 Å². The van der Waals surface area contributed by atoms with Gasteiger partial charge in [-0.15, -0.1) is 0 Å². The van der Waals surface area contributed by atoms with Gasteiger partial charge < -0.3 is 0 Å². The minimum absolute atomic E-state index is 0.869. The third-order valence-electron chi connectivity index (χ3n) is 3.57. The monoisotopic (exact) mass is 241 g/mol. The number of nitrogens with one attached hydrogen (secondary N) is 1. The minimum atomic E-state index is 0.869. The van der Waals surface area contributed by atoms with E-state index in [1.54, 1.807) is 0 Å². The molecule has 1 aromatic heterocycles. The zero-order valence-corrected chi connectivity index (χ0v) is 10.6. The summed E-state index contributed by atoms with van der Waals surface area (Å²) in [6.45, 7) is 3.20. The second-order valence-electron chi connectivity index (χ2n) is 4.87. The van der Waals surface area contributed by atoms with Gasteiger partial charge in [0.2, 0.25) is 0 Å². The maximum Gasteiger partial charge on any atom is 0.0747 e. The summed E-state index contributed by atoms with van der Waals surface area (Å²) in [6.07, 6.45) is 5.85. The van der Waals surface area contributed by atoms with Crippen molar-refractivity contribution in [3.8, 4) is 0 Å². The maximum absolute atomic E-state index is 4.49. The molecule has 18 heavy (non-hydrogen) atoms. The van der Waals surface area contributed by atoms with Gasteiger partial charge >= 0.3 is 0 Å². The van der Waals surface area contributed by atoms with E-state index in [0.29, 0.717) is 0 Å². The molecule has 1 aliphatic heterocycles. The third kappa shape index (κ3) is 2.52. The maximum atomic E-state index is 4.49. The van der Waals surface area contributed by atoms with Crippen LogP contribution in [-0.4, -0.2) is 23.1 Å².